The Hall–Kier alpha value is -1.88. The molecular weight excluding hydrogens is 258 g/mol. The second-order valence-corrected chi connectivity index (χ2v) is 4.79. The summed E-state index contributed by atoms with van der Waals surface area (Å²) in [7, 11) is 1.59. The zero-order chi connectivity index (χ0) is 15.1. The molecule has 0 aliphatic heterocycles. The number of carboxylic acid groups (broad SMARTS) is 1. The number of anilines is 1. The highest BCUT2D eigenvalue weighted by atomic mass is 16.5. The predicted molar refractivity (Wildman–Crippen MR) is 76.9 cm³/mol. The summed E-state index contributed by atoms with van der Waals surface area (Å²) in [5.41, 5.74) is 1.66. The fourth-order valence-corrected chi connectivity index (χ4v) is 1.76. The molecule has 1 atom stereocenters. The Bertz CT molecular complexity index is 455. The van der Waals surface area contributed by atoms with Crippen LogP contribution in [0.25, 0.3) is 0 Å². The molecule has 1 aromatic rings. The van der Waals surface area contributed by atoms with E-state index in [1.54, 1.807) is 19.2 Å². The number of carbonyl (C=O) groups excluding carboxylic acids is 1. The Labute approximate surface area is 119 Å². The molecule has 20 heavy (non-hydrogen) atoms. The fourth-order valence-electron chi connectivity index (χ4n) is 1.76. The van der Waals surface area contributed by atoms with Gasteiger partial charge in [-0.15, -0.1) is 0 Å². The maximum absolute atomic E-state index is 12.2. The molecule has 0 aliphatic carbocycles. The number of carbonyl (C=O) groups is 2. The van der Waals surface area contributed by atoms with Crippen LogP contribution in [0.15, 0.2) is 24.3 Å². The van der Waals surface area contributed by atoms with E-state index in [2.05, 4.69) is 0 Å². The van der Waals surface area contributed by atoms with Crippen molar-refractivity contribution in [2.24, 2.45) is 0 Å². The van der Waals surface area contributed by atoms with Crippen molar-refractivity contribution in [3.05, 3.63) is 29.8 Å². The zero-order valence-electron chi connectivity index (χ0n) is 12.1. The second-order valence-electron chi connectivity index (χ2n) is 4.79. The molecule has 0 aromatic heterocycles. The molecule has 5 nitrogen and oxygen atoms in total. The first-order chi connectivity index (χ1) is 9.43. The lowest BCUT2D eigenvalue weighted by molar-refractivity contribution is -0.136. The van der Waals surface area contributed by atoms with Gasteiger partial charge in [0.1, 0.15) is 6.54 Å². The highest BCUT2D eigenvalue weighted by Gasteiger charge is 2.19. The van der Waals surface area contributed by atoms with Crippen molar-refractivity contribution in [2.45, 2.75) is 32.8 Å². The number of methoxy groups -OCH3 is 1. The van der Waals surface area contributed by atoms with E-state index in [1.807, 2.05) is 26.0 Å². The highest BCUT2D eigenvalue weighted by molar-refractivity contribution is 5.97. The lowest BCUT2D eigenvalue weighted by Crippen LogP contribution is -2.36. The van der Waals surface area contributed by atoms with Crippen LogP contribution in [0.3, 0.4) is 0 Å². The molecule has 0 saturated carbocycles. The van der Waals surface area contributed by atoms with Crippen LogP contribution in [0.1, 0.15) is 25.3 Å². The van der Waals surface area contributed by atoms with Gasteiger partial charge in [-0.2, -0.15) is 0 Å². The van der Waals surface area contributed by atoms with E-state index >= 15 is 0 Å². The Balaban J connectivity index is 2.80. The lowest BCUT2D eigenvalue weighted by Gasteiger charge is -2.21. The molecule has 1 rings (SSSR count). The number of amides is 1. The minimum atomic E-state index is -1.03. The molecule has 0 bridgehead atoms. The number of hydrogen-bond acceptors (Lipinski definition) is 3. The Morgan fingerprint density at radius 2 is 1.90 bits per heavy atom. The van der Waals surface area contributed by atoms with E-state index in [9.17, 15) is 9.59 Å². The van der Waals surface area contributed by atoms with Crippen LogP contribution < -0.4 is 4.90 Å². The van der Waals surface area contributed by atoms with Gasteiger partial charge in [0.15, 0.2) is 0 Å². The van der Waals surface area contributed by atoms with Gasteiger partial charge in [-0.25, -0.2) is 0 Å². The summed E-state index contributed by atoms with van der Waals surface area (Å²) in [4.78, 5) is 24.4. The number of benzene rings is 1. The molecule has 0 radical (unpaired) electrons. The largest absolute Gasteiger partial charge is 0.480 e. The maximum atomic E-state index is 12.2. The average Bonchev–Trinajstić information content (AvgIpc) is 2.42. The standard InChI is InChI=1S/C15H21NO4/c1-11-4-7-13(8-5-11)16(10-15(18)19)14(17)9-6-12(2)20-3/h4-5,7-8,12H,6,9-10H2,1-3H3,(H,18,19). The number of rotatable bonds is 7. The van der Waals surface area contributed by atoms with Gasteiger partial charge in [0.25, 0.3) is 0 Å². The fraction of sp³-hybridized carbons (Fsp3) is 0.467. The molecule has 110 valence electrons. The normalized spacial score (nSPS) is 11.9. The summed E-state index contributed by atoms with van der Waals surface area (Å²) < 4.78 is 5.10. The predicted octanol–water partition coefficient (Wildman–Crippen LogP) is 2.23. The molecule has 1 aromatic carbocycles. The van der Waals surface area contributed by atoms with E-state index in [4.69, 9.17) is 9.84 Å². The summed E-state index contributed by atoms with van der Waals surface area (Å²) in [5, 5.41) is 8.95. The summed E-state index contributed by atoms with van der Waals surface area (Å²) in [5.74, 6) is -1.24. The first-order valence-electron chi connectivity index (χ1n) is 6.55. The summed E-state index contributed by atoms with van der Waals surface area (Å²) in [6.45, 7) is 3.48. The third-order valence-corrected chi connectivity index (χ3v) is 3.11. The zero-order valence-corrected chi connectivity index (χ0v) is 12.1. The number of ether oxygens (including phenoxy) is 1. The molecule has 0 aliphatic rings. The summed E-state index contributed by atoms with van der Waals surface area (Å²) in [6.07, 6.45) is 0.802. The second kappa shape index (κ2) is 7.65. The van der Waals surface area contributed by atoms with Crippen molar-refractivity contribution in [1.82, 2.24) is 0 Å². The third kappa shape index (κ3) is 5.01. The van der Waals surface area contributed by atoms with Crippen LogP contribution in [-0.2, 0) is 14.3 Å². The van der Waals surface area contributed by atoms with Gasteiger partial charge in [0.05, 0.1) is 6.10 Å². The molecule has 0 saturated heterocycles. The molecule has 1 amide bonds. The minimum Gasteiger partial charge on any atom is -0.480 e. The molecule has 5 heteroatoms. The van der Waals surface area contributed by atoms with Crippen LogP contribution in [0, 0.1) is 6.92 Å². The third-order valence-electron chi connectivity index (χ3n) is 3.11. The molecule has 0 fully saturated rings. The van der Waals surface area contributed by atoms with Crippen molar-refractivity contribution in [3.8, 4) is 0 Å². The van der Waals surface area contributed by atoms with E-state index in [0.717, 1.165) is 5.56 Å². The van der Waals surface area contributed by atoms with Gasteiger partial charge in [-0.05, 0) is 32.4 Å². The van der Waals surface area contributed by atoms with Crippen LogP contribution in [0.4, 0.5) is 5.69 Å². The number of carboxylic acids is 1. The van der Waals surface area contributed by atoms with Crippen LogP contribution in [-0.4, -0.2) is 36.7 Å². The van der Waals surface area contributed by atoms with Gasteiger partial charge in [-0.3, -0.25) is 9.59 Å². The van der Waals surface area contributed by atoms with Crippen molar-refractivity contribution >= 4 is 17.6 Å². The van der Waals surface area contributed by atoms with Gasteiger partial charge in [0, 0.05) is 19.2 Å². The number of aryl methyl sites for hydroxylation is 1. The van der Waals surface area contributed by atoms with Gasteiger partial charge >= 0.3 is 5.97 Å². The van der Waals surface area contributed by atoms with Crippen molar-refractivity contribution in [3.63, 3.8) is 0 Å². The van der Waals surface area contributed by atoms with Crippen molar-refractivity contribution in [2.75, 3.05) is 18.6 Å². The molecule has 0 spiro atoms. The quantitative estimate of drug-likeness (QED) is 0.831. The SMILES string of the molecule is COC(C)CCC(=O)N(CC(=O)O)c1ccc(C)cc1. The Kier molecular flexibility index (Phi) is 6.18. The van der Waals surface area contributed by atoms with Crippen molar-refractivity contribution in [1.29, 1.82) is 0 Å². The van der Waals surface area contributed by atoms with E-state index in [0.29, 0.717) is 12.1 Å². The minimum absolute atomic E-state index is 0.0244. The highest BCUT2D eigenvalue weighted by Crippen LogP contribution is 2.17. The van der Waals surface area contributed by atoms with Gasteiger partial charge in [0.2, 0.25) is 5.91 Å². The van der Waals surface area contributed by atoms with Crippen molar-refractivity contribution < 1.29 is 19.4 Å². The summed E-state index contributed by atoms with van der Waals surface area (Å²) >= 11 is 0. The number of aliphatic carboxylic acids is 1. The summed E-state index contributed by atoms with van der Waals surface area (Å²) in [6, 6.07) is 7.23. The first kappa shape index (κ1) is 16.2. The lowest BCUT2D eigenvalue weighted by atomic mass is 10.1. The topological polar surface area (TPSA) is 66.8 Å². The average molecular weight is 279 g/mol. The van der Waals surface area contributed by atoms with E-state index < -0.39 is 5.97 Å². The molecule has 1 N–H and O–H groups in total. The number of nitrogens with zero attached hydrogens (tertiary/aromatic N) is 1. The van der Waals surface area contributed by atoms with Gasteiger partial charge < -0.3 is 14.7 Å². The Morgan fingerprint density at radius 3 is 2.40 bits per heavy atom. The first-order valence-corrected chi connectivity index (χ1v) is 6.55. The van der Waals surface area contributed by atoms with E-state index in [1.165, 1.54) is 4.90 Å². The molecule has 0 heterocycles. The van der Waals surface area contributed by atoms with E-state index in [-0.39, 0.29) is 25.0 Å². The van der Waals surface area contributed by atoms with Crippen LogP contribution in [0.5, 0.6) is 0 Å². The Morgan fingerprint density at radius 1 is 1.30 bits per heavy atom. The van der Waals surface area contributed by atoms with Gasteiger partial charge in [-0.1, -0.05) is 17.7 Å². The molecular formula is C15H21NO4. The monoisotopic (exact) mass is 279 g/mol. The maximum Gasteiger partial charge on any atom is 0.323 e. The molecule has 1 unspecified atom stereocenters. The smallest absolute Gasteiger partial charge is 0.323 e. The number of hydrogen-bond donors (Lipinski definition) is 1. The van der Waals surface area contributed by atoms with Crippen LogP contribution in [0.2, 0.25) is 0 Å². The van der Waals surface area contributed by atoms with Crippen LogP contribution >= 0.6 is 0 Å².